The van der Waals surface area contributed by atoms with Crippen LogP contribution in [0.1, 0.15) is 41.1 Å². The van der Waals surface area contributed by atoms with E-state index in [-0.39, 0.29) is 16.6 Å². The maximum atomic E-state index is 13.2. The number of rotatable bonds is 6. The van der Waals surface area contributed by atoms with Crippen LogP contribution in [0.3, 0.4) is 0 Å². The Morgan fingerprint density at radius 2 is 1.96 bits per heavy atom. The fraction of sp³-hybridized carbons (Fsp3) is 0.278. The molecule has 0 atom stereocenters. The van der Waals surface area contributed by atoms with Crippen LogP contribution in [0.4, 0.5) is 10.1 Å². The van der Waals surface area contributed by atoms with Crippen molar-refractivity contribution in [2.75, 3.05) is 11.9 Å². The first-order chi connectivity index (χ1) is 11.9. The van der Waals surface area contributed by atoms with Crippen LogP contribution in [0.25, 0.3) is 0 Å². The Labute approximate surface area is 150 Å². The SMILES string of the molecule is CC(C)CCNC(=O)c1ccnc(C(=O)Nc2ccc(F)c(Cl)c2)c1. The summed E-state index contributed by atoms with van der Waals surface area (Å²) in [6.45, 7) is 4.71. The topological polar surface area (TPSA) is 71.1 Å². The molecule has 0 saturated heterocycles. The molecule has 0 radical (unpaired) electrons. The molecular weight excluding hydrogens is 345 g/mol. The smallest absolute Gasteiger partial charge is 0.274 e. The van der Waals surface area contributed by atoms with Gasteiger partial charge in [-0.2, -0.15) is 0 Å². The summed E-state index contributed by atoms with van der Waals surface area (Å²) in [5.74, 6) is -0.860. The number of carbonyl (C=O) groups excluding carboxylic acids is 2. The molecule has 0 unspecified atom stereocenters. The van der Waals surface area contributed by atoms with Gasteiger partial charge in [-0.3, -0.25) is 14.6 Å². The molecule has 1 heterocycles. The van der Waals surface area contributed by atoms with E-state index in [9.17, 15) is 14.0 Å². The molecule has 0 spiro atoms. The van der Waals surface area contributed by atoms with Crippen molar-refractivity contribution < 1.29 is 14.0 Å². The molecule has 0 aliphatic heterocycles. The Morgan fingerprint density at radius 3 is 2.64 bits per heavy atom. The molecular formula is C18H19ClFN3O2. The minimum Gasteiger partial charge on any atom is -0.352 e. The minimum absolute atomic E-state index is 0.0805. The summed E-state index contributed by atoms with van der Waals surface area (Å²) >= 11 is 5.69. The fourth-order valence-electron chi connectivity index (χ4n) is 2.04. The Bertz CT molecular complexity index is 781. The molecule has 0 bridgehead atoms. The summed E-state index contributed by atoms with van der Waals surface area (Å²) < 4.78 is 13.2. The third kappa shape index (κ3) is 5.53. The number of nitrogens with one attached hydrogen (secondary N) is 2. The van der Waals surface area contributed by atoms with E-state index in [1.54, 1.807) is 0 Å². The molecule has 2 aromatic rings. The van der Waals surface area contributed by atoms with Crippen molar-refractivity contribution in [2.24, 2.45) is 5.92 Å². The van der Waals surface area contributed by atoms with Gasteiger partial charge in [0.15, 0.2) is 0 Å². The van der Waals surface area contributed by atoms with E-state index in [0.717, 1.165) is 12.5 Å². The average molecular weight is 364 g/mol. The zero-order valence-electron chi connectivity index (χ0n) is 14.0. The third-order valence-electron chi connectivity index (χ3n) is 3.44. The van der Waals surface area contributed by atoms with Crippen molar-refractivity contribution in [1.82, 2.24) is 10.3 Å². The van der Waals surface area contributed by atoms with Crippen molar-refractivity contribution in [3.63, 3.8) is 0 Å². The summed E-state index contributed by atoms with van der Waals surface area (Å²) in [7, 11) is 0. The summed E-state index contributed by atoms with van der Waals surface area (Å²) in [6, 6.07) is 6.80. The number of amides is 2. The average Bonchev–Trinajstić information content (AvgIpc) is 2.58. The number of carbonyl (C=O) groups is 2. The molecule has 25 heavy (non-hydrogen) atoms. The van der Waals surface area contributed by atoms with E-state index in [1.807, 2.05) is 0 Å². The molecule has 7 heteroatoms. The number of pyridine rings is 1. The van der Waals surface area contributed by atoms with E-state index in [0.29, 0.717) is 23.7 Å². The molecule has 1 aromatic heterocycles. The van der Waals surface area contributed by atoms with Crippen molar-refractivity contribution in [2.45, 2.75) is 20.3 Å². The van der Waals surface area contributed by atoms with Gasteiger partial charge in [0, 0.05) is 24.0 Å². The summed E-state index contributed by atoms with van der Waals surface area (Å²) in [4.78, 5) is 28.3. The third-order valence-corrected chi connectivity index (χ3v) is 3.73. The highest BCUT2D eigenvalue weighted by molar-refractivity contribution is 6.31. The molecule has 132 valence electrons. The van der Waals surface area contributed by atoms with Gasteiger partial charge < -0.3 is 10.6 Å². The van der Waals surface area contributed by atoms with Gasteiger partial charge in [0.2, 0.25) is 0 Å². The second-order valence-electron chi connectivity index (χ2n) is 5.95. The lowest BCUT2D eigenvalue weighted by atomic mass is 10.1. The molecule has 0 aliphatic carbocycles. The van der Waals surface area contributed by atoms with Crippen LogP contribution in [0.5, 0.6) is 0 Å². The Hall–Kier alpha value is -2.47. The van der Waals surface area contributed by atoms with Gasteiger partial charge in [-0.05, 0) is 42.7 Å². The maximum absolute atomic E-state index is 13.2. The molecule has 0 fully saturated rings. The zero-order chi connectivity index (χ0) is 18.4. The van der Waals surface area contributed by atoms with Crippen LogP contribution in [0, 0.1) is 11.7 Å². The summed E-state index contributed by atoms with van der Waals surface area (Å²) in [5.41, 5.74) is 0.767. The van der Waals surface area contributed by atoms with Gasteiger partial charge in [0.05, 0.1) is 5.02 Å². The van der Waals surface area contributed by atoms with Gasteiger partial charge >= 0.3 is 0 Å². The summed E-state index contributed by atoms with van der Waals surface area (Å²) in [6.07, 6.45) is 2.26. The highest BCUT2D eigenvalue weighted by Crippen LogP contribution is 2.19. The van der Waals surface area contributed by atoms with E-state index >= 15 is 0 Å². The Morgan fingerprint density at radius 1 is 1.20 bits per heavy atom. The second-order valence-corrected chi connectivity index (χ2v) is 6.36. The van der Waals surface area contributed by atoms with Crippen LogP contribution >= 0.6 is 11.6 Å². The first kappa shape index (κ1) is 18.9. The first-order valence-corrected chi connectivity index (χ1v) is 8.25. The minimum atomic E-state index is -0.571. The van der Waals surface area contributed by atoms with Gasteiger partial charge in [-0.25, -0.2) is 4.39 Å². The number of benzene rings is 1. The largest absolute Gasteiger partial charge is 0.352 e. The number of hydrogen-bond acceptors (Lipinski definition) is 3. The van der Waals surface area contributed by atoms with E-state index in [4.69, 9.17) is 11.6 Å². The Balaban J connectivity index is 2.05. The first-order valence-electron chi connectivity index (χ1n) is 7.87. The number of hydrogen-bond donors (Lipinski definition) is 2. The van der Waals surface area contributed by atoms with E-state index < -0.39 is 11.7 Å². The van der Waals surface area contributed by atoms with Gasteiger partial charge in [0.1, 0.15) is 11.5 Å². The molecule has 2 rings (SSSR count). The standard InChI is InChI=1S/C18H19ClFN3O2/c1-11(2)5-7-22-17(24)12-6-8-21-16(9-12)18(25)23-13-3-4-15(20)14(19)10-13/h3-4,6,8-11H,5,7H2,1-2H3,(H,22,24)(H,23,25). The van der Waals surface area contributed by atoms with Crippen LogP contribution < -0.4 is 10.6 Å². The lowest BCUT2D eigenvalue weighted by molar-refractivity contribution is 0.0952. The van der Waals surface area contributed by atoms with Crippen molar-refractivity contribution in [1.29, 1.82) is 0 Å². The van der Waals surface area contributed by atoms with Gasteiger partial charge in [-0.1, -0.05) is 25.4 Å². The van der Waals surface area contributed by atoms with Crippen molar-refractivity contribution in [3.8, 4) is 0 Å². The highest BCUT2D eigenvalue weighted by atomic mass is 35.5. The molecule has 0 saturated carbocycles. The predicted molar refractivity (Wildman–Crippen MR) is 95.4 cm³/mol. The molecule has 2 amide bonds. The molecule has 5 nitrogen and oxygen atoms in total. The second kappa shape index (κ2) is 8.58. The number of nitrogens with zero attached hydrogens (tertiary/aromatic N) is 1. The maximum Gasteiger partial charge on any atom is 0.274 e. The van der Waals surface area contributed by atoms with Crippen LogP contribution in [-0.2, 0) is 0 Å². The van der Waals surface area contributed by atoms with Crippen molar-refractivity contribution >= 4 is 29.1 Å². The predicted octanol–water partition coefficient (Wildman–Crippen LogP) is 3.90. The zero-order valence-corrected chi connectivity index (χ0v) is 14.7. The number of aromatic nitrogens is 1. The van der Waals surface area contributed by atoms with E-state index in [2.05, 4.69) is 29.5 Å². The van der Waals surface area contributed by atoms with Crippen LogP contribution in [0.2, 0.25) is 5.02 Å². The van der Waals surface area contributed by atoms with Crippen molar-refractivity contribution in [3.05, 3.63) is 58.6 Å². The quantitative estimate of drug-likeness (QED) is 0.817. The van der Waals surface area contributed by atoms with E-state index in [1.165, 1.54) is 30.5 Å². The number of halogens is 2. The normalized spacial score (nSPS) is 10.6. The lowest BCUT2D eigenvalue weighted by Crippen LogP contribution is -2.26. The van der Waals surface area contributed by atoms with Crippen LogP contribution in [-0.4, -0.2) is 23.3 Å². The highest BCUT2D eigenvalue weighted by Gasteiger charge is 2.13. The Kier molecular flexibility index (Phi) is 6.47. The van der Waals surface area contributed by atoms with Crippen LogP contribution in [0.15, 0.2) is 36.5 Å². The molecule has 2 N–H and O–H groups in total. The number of anilines is 1. The molecule has 0 aliphatic rings. The monoisotopic (exact) mass is 363 g/mol. The lowest BCUT2D eigenvalue weighted by Gasteiger charge is -2.09. The van der Waals surface area contributed by atoms with Gasteiger partial charge in [-0.15, -0.1) is 0 Å². The summed E-state index contributed by atoms with van der Waals surface area (Å²) in [5, 5.41) is 5.28. The fourth-order valence-corrected chi connectivity index (χ4v) is 2.22. The van der Waals surface area contributed by atoms with Gasteiger partial charge in [0.25, 0.3) is 11.8 Å². The molecule has 1 aromatic carbocycles.